The number of para-hydroxylation sites is 2. The van der Waals surface area contributed by atoms with Crippen LogP contribution in [0.15, 0.2) is 54.9 Å². The van der Waals surface area contributed by atoms with Crippen LogP contribution in [-0.2, 0) is 0 Å². The summed E-state index contributed by atoms with van der Waals surface area (Å²) in [6, 6.07) is 14.7. The average molecular weight is 365 g/mol. The van der Waals surface area contributed by atoms with Crippen molar-refractivity contribution >= 4 is 28.7 Å². The molecule has 1 aromatic heterocycles. The van der Waals surface area contributed by atoms with E-state index in [1.165, 1.54) is 6.33 Å². The number of nitro groups is 1. The Labute approximate surface area is 156 Å². The third-order valence-electron chi connectivity index (χ3n) is 3.76. The van der Waals surface area contributed by atoms with Gasteiger partial charge < -0.3 is 15.4 Å². The minimum absolute atomic E-state index is 0.0803. The maximum absolute atomic E-state index is 11.7. The highest BCUT2D eigenvalue weighted by Crippen LogP contribution is 2.35. The van der Waals surface area contributed by atoms with Gasteiger partial charge in [0.25, 0.3) is 0 Å². The van der Waals surface area contributed by atoms with E-state index in [-0.39, 0.29) is 17.3 Å². The summed E-state index contributed by atoms with van der Waals surface area (Å²) in [5.41, 5.74) is 2.13. The predicted molar refractivity (Wildman–Crippen MR) is 104 cm³/mol. The van der Waals surface area contributed by atoms with Crippen molar-refractivity contribution in [3.8, 4) is 5.75 Å². The highest BCUT2D eigenvalue weighted by atomic mass is 16.6. The third kappa shape index (κ3) is 4.30. The van der Waals surface area contributed by atoms with Crippen molar-refractivity contribution in [1.82, 2.24) is 9.97 Å². The van der Waals surface area contributed by atoms with E-state index in [0.717, 1.165) is 5.56 Å². The molecule has 0 unspecified atom stereocenters. The normalized spacial score (nSPS) is 10.3. The average Bonchev–Trinajstić information content (AvgIpc) is 2.65. The Balaban J connectivity index is 1.97. The van der Waals surface area contributed by atoms with Crippen LogP contribution in [0.25, 0.3) is 0 Å². The second kappa shape index (κ2) is 8.13. The van der Waals surface area contributed by atoms with Gasteiger partial charge in [-0.25, -0.2) is 9.97 Å². The molecule has 138 valence electrons. The van der Waals surface area contributed by atoms with E-state index >= 15 is 0 Å². The molecule has 0 saturated heterocycles. The maximum Gasteiger partial charge on any atom is 0.353 e. The Morgan fingerprint density at radius 2 is 1.70 bits per heavy atom. The zero-order chi connectivity index (χ0) is 19.2. The Hall–Kier alpha value is -3.68. The molecule has 8 heteroatoms. The minimum atomic E-state index is -0.512. The lowest BCUT2D eigenvalue weighted by Crippen LogP contribution is -2.06. The fraction of sp³-hybridized carbons (Fsp3) is 0.158. The van der Waals surface area contributed by atoms with E-state index in [1.54, 1.807) is 12.1 Å². The number of aryl methyl sites for hydroxylation is 1. The second-order valence-electron chi connectivity index (χ2n) is 5.72. The molecule has 0 saturated carbocycles. The Morgan fingerprint density at radius 1 is 1.04 bits per heavy atom. The monoisotopic (exact) mass is 365 g/mol. The van der Waals surface area contributed by atoms with Gasteiger partial charge in [-0.3, -0.25) is 10.1 Å². The lowest BCUT2D eigenvalue weighted by Gasteiger charge is -2.13. The van der Waals surface area contributed by atoms with Crippen molar-refractivity contribution in [3.05, 3.63) is 70.5 Å². The molecule has 0 fully saturated rings. The van der Waals surface area contributed by atoms with Gasteiger partial charge in [0.15, 0.2) is 0 Å². The van der Waals surface area contributed by atoms with Crippen molar-refractivity contribution in [2.75, 3.05) is 17.2 Å². The Kier molecular flexibility index (Phi) is 5.46. The Morgan fingerprint density at radius 3 is 2.37 bits per heavy atom. The molecule has 1 heterocycles. The second-order valence-corrected chi connectivity index (χ2v) is 5.72. The van der Waals surface area contributed by atoms with Crippen LogP contribution >= 0.6 is 0 Å². The number of hydrogen-bond donors (Lipinski definition) is 2. The fourth-order valence-corrected chi connectivity index (χ4v) is 2.49. The molecule has 2 aromatic carbocycles. The molecule has 0 radical (unpaired) electrons. The van der Waals surface area contributed by atoms with Gasteiger partial charge in [0, 0.05) is 5.69 Å². The number of anilines is 4. The van der Waals surface area contributed by atoms with Gasteiger partial charge in [-0.2, -0.15) is 0 Å². The van der Waals surface area contributed by atoms with E-state index in [9.17, 15) is 10.1 Å². The molecule has 0 spiro atoms. The van der Waals surface area contributed by atoms with Crippen LogP contribution in [0.1, 0.15) is 12.5 Å². The summed E-state index contributed by atoms with van der Waals surface area (Å²) in [5.74, 6) is 0.771. The highest BCUT2D eigenvalue weighted by molar-refractivity contribution is 5.78. The van der Waals surface area contributed by atoms with Crippen molar-refractivity contribution < 1.29 is 9.66 Å². The van der Waals surface area contributed by atoms with Gasteiger partial charge in [-0.1, -0.05) is 29.8 Å². The topological polar surface area (TPSA) is 102 Å². The van der Waals surface area contributed by atoms with Gasteiger partial charge >= 0.3 is 5.69 Å². The summed E-state index contributed by atoms with van der Waals surface area (Å²) < 4.78 is 5.56. The van der Waals surface area contributed by atoms with E-state index in [4.69, 9.17) is 4.74 Å². The largest absolute Gasteiger partial charge is 0.492 e. The number of nitrogens with one attached hydrogen (secondary N) is 2. The first-order valence-corrected chi connectivity index (χ1v) is 8.40. The minimum Gasteiger partial charge on any atom is -0.492 e. The van der Waals surface area contributed by atoms with Crippen LogP contribution in [0.4, 0.5) is 28.7 Å². The summed E-state index contributed by atoms with van der Waals surface area (Å²) in [6.07, 6.45) is 1.27. The van der Waals surface area contributed by atoms with Crippen LogP contribution in [-0.4, -0.2) is 21.5 Å². The van der Waals surface area contributed by atoms with E-state index < -0.39 is 4.92 Å². The lowest BCUT2D eigenvalue weighted by molar-refractivity contribution is -0.383. The molecular formula is C19H19N5O3. The standard InChI is InChI=1S/C19H19N5O3/c1-3-27-16-7-5-4-6-15(16)23-19-17(24(25)26)18(20-12-21-19)22-14-10-8-13(2)9-11-14/h4-12H,3H2,1-2H3,(H2,20,21,22,23). The molecular weight excluding hydrogens is 346 g/mol. The summed E-state index contributed by atoms with van der Waals surface area (Å²) >= 11 is 0. The molecule has 0 amide bonds. The molecule has 3 rings (SSSR count). The van der Waals surface area contributed by atoms with Crippen LogP contribution in [0.2, 0.25) is 0 Å². The van der Waals surface area contributed by atoms with E-state index in [1.807, 2.05) is 50.2 Å². The van der Waals surface area contributed by atoms with Crippen molar-refractivity contribution in [1.29, 1.82) is 0 Å². The first-order chi connectivity index (χ1) is 13.1. The van der Waals surface area contributed by atoms with Gasteiger partial charge in [-0.05, 0) is 38.1 Å². The molecule has 27 heavy (non-hydrogen) atoms. The van der Waals surface area contributed by atoms with Gasteiger partial charge in [-0.15, -0.1) is 0 Å². The highest BCUT2D eigenvalue weighted by Gasteiger charge is 2.24. The molecule has 3 aromatic rings. The SMILES string of the molecule is CCOc1ccccc1Nc1ncnc(Nc2ccc(C)cc2)c1[N+](=O)[O-]. The first-order valence-electron chi connectivity index (χ1n) is 8.40. The number of benzene rings is 2. The Bertz CT molecular complexity index is 944. The molecule has 0 bridgehead atoms. The van der Waals surface area contributed by atoms with Crippen molar-refractivity contribution in [3.63, 3.8) is 0 Å². The van der Waals surface area contributed by atoms with E-state index in [0.29, 0.717) is 23.7 Å². The molecule has 0 atom stereocenters. The van der Waals surface area contributed by atoms with Gasteiger partial charge in [0.05, 0.1) is 17.2 Å². The first kappa shape index (κ1) is 18.1. The predicted octanol–water partition coefficient (Wildman–Crippen LogP) is 4.58. The quantitative estimate of drug-likeness (QED) is 0.467. The number of aromatic nitrogens is 2. The summed E-state index contributed by atoms with van der Waals surface area (Å²) in [6.45, 7) is 4.31. The smallest absolute Gasteiger partial charge is 0.353 e. The number of ether oxygens (including phenoxy) is 1. The van der Waals surface area contributed by atoms with Gasteiger partial charge in [0.2, 0.25) is 11.6 Å². The molecule has 8 nitrogen and oxygen atoms in total. The van der Waals surface area contributed by atoms with Gasteiger partial charge in [0.1, 0.15) is 12.1 Å². The summed E-state index contributed by atoms with van der Waals surface area (Å²) in [5, 5.41) is 17.7. The van der Waals surface area contributed by atoms with Crippen LogP contribution in [0.3, 0.4) is 0 Å². The van der Waals surface area contributed by atoms with Crippen LogP contribution in [0.5, 0.6) is 5.75 Å². The molecule has 0 aliphatic heterocycles. The molecule has 0 aliphatic carbocycles. The van der Waals surface area contributed by atoms with Crippen molar-refractivity contribution in [2.45, 2.75) is 13.8 Å². The molecule has 2 N–H and O–H groups in total. The molecule has 0 aliphatic rings. The number of nitrogens with zero attached hydrogens (tertiary/aromatic N) is 3. The fourth-order valence-electron chi connectivity index (χ4n) is 2.49. The maximum atomic E-state index is 11.7. The number of hydrogen-bond acceptors (Lipinski definition) is 7. The van der Waals surface area contributed by atoms with Crippen molar-refractivity contribution in [2.24, 2.45) is 0 Å². The zero-order valence-electron chi connectivity index (χ0n) is 15.0. The van der Waals surface area contributed by atoms with Crippen LogP contribution in [0, 0.1) is 17.0 Å². The van der Waals surface area contributed by atoms with Crippen LogP contribution < -0.4 is 15.4 Å². The summed E-state index contributed by atoms with van der Waals surface area (Å²) in [4.78, 5) is 19.3. The third-order valence-corrected chi connectivity index (χ3v) is 3.76. The zero-order valence-corrected chi connectivity index (χ0v) is 15.0. The number of rotatable bonds is 7. The summed E-state index contributed by atoms with van der Waals surface area (Å²) in [7, 11) is 0. The van der Waals surface area contributed by atoms with E-state index in [2.05, 4.69) is 20.6 Å². The lowest BCUT2D eigenvalue weighted by atomic mass is 10.2.